The molecular weight excluding hydrogens is 228 g/mol. The summed E-state index contributed by atoms with van der Waals surface area (Å²) in [6.45, 7) is 4.34. The van der Waals surface area contributed by atoms with Gasteiger partial charge in [0.25, 0.3) is 0 Å². The van der Waals surface area contributed by atoms with E-state index in [2.05, 4.69) is 10.1 Å². The topological polar surface area (TPSA) is 38.5 Å². The molecule has 2 heterocycles. The third-order valence-electron chi connectivity index (χ3n) is 3.11. The number of nitrogens with zero attached hydrogens (tertiary/aromatic N) is 2. The zero-order valence-electron chi connectivity index (χ0n) is 10.2. The molecule has 0 atom stereocenters. The summed E-state index contributed by atoms with van der Waals surface area (Å²) in [7, 11) is 0. The van der Waals surface area contributed by atoms with Crippen molar-refractivity contribution in [2.75, 3.05) is 26.3 Å². The molecule has 0 bridgehead atoms. The number of benzene rings is 1. The maximum atomic E-state index is 5.39. The minimum absolute atomic E-state index is 0.805. The quantitative estimate of drug-likeness (QED) is 0.829. The molecule has 2 aromatic rings. The summed E-state index contributed by atoms with van der Waals surface area (Å²) in [6.07, 6.45) is 0. The van der Waals surface area contributed by atoms with Crippen LogP contribution in [0.3, 0.4) is 0 Å². The Balaban J connectivity index is 1.69. The van der Waals surface area contributed by atoms with Crippen LogP contribution in [0.2, 0.25) is 0 Å². The Labute approximate surface area is 106 Å². The fourth-order valence-corrected chi connectivity index (χ4v) is 2.11. The van der Waals surface area contributed by atoms with Crippen molar-refractivity contribution in [3.8, 4) is 11.3 Å². The number of rotatable bonds is 3. The molecular formula is C14H16N2O2. The van der Waals surface area contributed by atoms with Gasteiger partial charge in [0, 0.05) is 24.7 Å². The number of aromatic nitrogens is 1. The van der Waals surface area contributed by atoms with Crippen molar-refractivity contribution in [3.63, 3.8) is 0 Å². The highest BCUT2D eigenvalue weighted by molar-refractivity contribution is 5.58. The normalized spacial score (nSPS) is 16.9. The van der Waals surface area contributed by atoms with Gasteiger partial charge in [-0.25, -0.2) is 0 Å². The van der Waals surface area contributed by atoms with Crippen molar-refractivity contribution in [1.29, 1.82) is 0 Å². The lowest BCUT2D eigenvalue weighted by atomic mass is 10.1. The maximum absolute atomic E-state index is 5.39. The lowest BCUT2D eigenvalue weighted by Crippen LogP contribution is -2.35. The van der Waals surface area contributed by atoms with E-state index in [4.69, 9.17) is 9.26 Å². The molecule has 4 nitrogen and oxygen atoms in total. The summed E-state index contributed by atoms with van der Waals surface area (Å²) < 4.78 is 10.7. The zero-order valence-corrected chi connectivity index (χ0v) is 10.2. The first kappa shape index (κ1) is 11.4. The molecule has 0 spiro atoms. The molecule has 0 saturated carbocycles. The van der Waals surface area contributed by atoms with Gasteiger partial charge in [-0.15, -0.1) is 0 Å². The van der Waals surface area contributed by atoms with E-state index in [-0.39, 0.29) is 0 Å². The first-order chi connectivity index (χ1) is 8.92. The fourth-order valence-electron chi connectivity index (χ4n) is 2.11. The Kier molecular flexibility index (Phi) is 3.39. The van der Waals surface area contributed by atoms with Gasteiger partial charge in [-0.05, 0) is 0 Å². The summed E-state index contributed by atoms with van der Waals surface area (Å²) >= 11 is 0. The van der Waals surface area contributed by atoms with E-state index in [0.29, 0.717) is 0 Å². The Bertz CT molecular complexity index is 490. The molecule has 1 aliphatic rings. The van der Waals surface area contributed by atoms with Crippen LogP contribution in [-0.2, 0) is 11.3 Å². The second kappa shape index (κ2) is 5.33. The average Bonchev–Trinajstić information content (AvgIpc) is 2.89. The largest absolute Gasteiger partial charge is 0.379 e. The molecule has 1 aromatic carbocycles. The highest BCUT2D eigenvalue weighted by atomic mass is 16.5. The molecule has 1 aromatic heterocycles. The van der Waals surface area contributed by atoms with E-state index in [1.807, 2.05) is 36.4 Å². The van der Waals surface area contributed by atoms with E-state index < -0.39 is 0 Å². The van der Waals surface area contributed by atoms with Gasteiger partial charge < -0.3 is 9.26 Å². The molecule has 1 saturated heterocycles. The third-order valence-corrected chi connectivity index (χ3v) is 3.11. The lowest BCUT2D eigenvalue weighted by molar-refractivity contribution is 0.0305. The summed E-state index contributed by atoms with van der Waals surface area (Å²) in [5, 5.41) is 4.12. The van der Waals surface area contributed by atoms with Gasteiger partial charge in [0.2, 0.25) is 0 Å². The van der Waals surface area contributed by atoms with Crippen LogP contribution in [0.5, 0.6) is 0 Å². The van der Waals surface area contributed by atoms with E-state index in [1.165, 1.54) is 0 Å². The van der Waals surface area contributed by atoms with Crippen LogP contribution >= 0.6 is 0 Å². The highest BCUT2D eigenvalue weighted by Gasteiger charge is 2.14. The van der Waals surface area contributed by atoms with Crippen LogP contribution in [0.1, 0.15) is 5.76 Å². The third kappa shape index (κ3) is 2.60. The van der Waals surface area contributed by atoms with Crippen molar-refractivity contribution < 1.29 is 9.26 Å². The number of hydrogen-bond acceptors (Lipinski definition) is 4. The van der Waals surface area contributed by atoms with Crippen molar-refractivity contribution in [1.82, 2.24) is 10.1 Å². The van der Waals surface area contributed by atoms with Crippen LogP contribution in [-0.4, -0.2) is 36.4 Å². The Morgan fingerprint density at radius 1 is 1.11 bits per heavy atom. The molecule has 18 heavy (non-hydrogen) atoms. The van der Waals surface area contributed by atoms with Gasteiger partial charge >= 0.3 is 0 Å². The van der Waals surface area contributed by atoms with Crippen LogP contribution in [0.15, 0.2) is 40.9 Å². The lowest BCUT2D eigenvalue weighted by Gasteiger charge is -2.25. The molecule has 0 radical (unpaired) electrons. The van der Waals surface area contributed by atoms with Gasteiger partial charge in [0.15, 0.2) is 5.76 Å². The Morgan fingerprint density at radius 3 is 2.67 bits per heavy atom. The second-order valence-corrected chi connectivity index (χ2v) is 4.43. The van der Waals surface area contributed by atoms with Crippen LogP contribution in [0, 0.1) is 0 Å². The summed E-state index contributed by atoms with van der Waals surface area (Å²) in [5.41, 5.74) is 1.99. The summed E-state index contributed by atoms with van der Waals surface area (Å²) in [5.74, 6) is 0.913. The molecule has 0 unspecified atom stereocenters. The molecule has 3 rings (SSSR count). The van der Waals surface area contributed by atoms with E-state index in [1.54, 1.807) is 0 Å². The standard InChI is InChI=1S/C14H16N2O2/c1-2-4-12(5-3-1)14-10-13(18-15-14)11-16-6-8-17-9-7-16/h1-5,10H,6-9,11H2. The molecule has 1 fully saturated rings. The summed E-state index contributed by atoms with van der Waals surface area (Å²) in [6, 6.07) is 12.1. The smallest absolute Gasteiger partial charge is 0.151 e. The maximum Gasteiger partial charge on any atom is 0.151 e. The van der Waals surface area contributed by atoms with Gasteiger partial charge in [-0.1, -0.05) is 35.5 Å². The van der Waals surface area contributed by atoms with Crippen LogP contribution in [0.4, 0.5) is 0 Å². The molecule has 4 heteroatoms. The van der Waals surface area contributed by atoms with Gasteiger partial charge in [0.05, 0.1) is 19.8 Å². The molecule has 0 amide bonds. The van der Waals surface area contributed by atoms with E-state index in [0.717, 1.165) is 49.9 Å². The Hall–Kier alpha value is -1.65. The SMILES string of the molecule is c1ccc(-c2cc(CN3CCOCC3)on2)cc1. The monoisotopic (exact) mass is 244 g/mol. The number of hydrogen-bond donors (Lipinski definition) is 0. The zero-order chi connectivity index (χ0) is 12.2. The predicted molar refractivity (Wildman–Crippen MR) is 68.0 cm³/mol. The van der Waals surface area contributed by atoms with Gasteiger partial charge in [-0.3, -0.25) is 4.90 Å². The van der Waals surface area contributed by atoms with Crippen LogP contribution in [0.25, 0.3) is 11.3 Å². The number of morpholine rings is 1. The Morgan fingerprint density at radius 2 is 1.89 bits per heavy atom. The first-order valence-electron chi connectivity index (χ1n) is 6.23. The minimum Gasteiger partial charge on any atom is -0.379 e. The predicted octanol–water partition coefficient (Wildman–Crippen LogP) is 2.17. The van der Waals surface area contributed by atoms with E-state index in [9.17, 15) is 0 Å². The van der Waals surface area contributed by atoms with Crippen molar-refractivity contribution in [3.05, 3.63) is 42.2 Å². The van der Waals surface area contributed by atoms with Crippen molar-refractivity contribution >= 4 is 0 Å². The van der Waals surface area contributed by atoms with Gasteiger partial charge in [-0.2, -0.15) is 0 Å². The molecule has 0 N–H and O–H groups in total. The van der Waals surface area contributed by atoms with E-state index >= 15 is 0 Å². The van der Waals surface area contributed by atoms with Crippen LogP contribution < -0.4 is 0 Å². The van der Waals surface area contributed by atoms with Crippen molar-refractivity contribution in [2.45, 2.75) is 6.54 Å². The molecule has 1 aliphatic heterocycles. The second-order valence-electron chi connectivity index (χ2n) is 4.43. The minimum atomic E-state index is 0.805. The molecule has 0 aliphatic carbocycles. The molecule has 94 valence electrons. The number of ether oxygens (including phenoxy) is 1. The average molecular weight is 244 g/mol. The van der Waals surface area contributed by atoms with Gasteiger partial charge in [0.1, 0.15) is 5.69 Å². The highest BCUT2D eigenvalue weighted by Crippen LogP contribution is 2.19. The first-order valence-corrected chi connectivity index (χ1v) is 6.23. The summed E-state index contributed by atoms with van der Waals surface area (Å²) in [4.78, 5) is 2.32. The fraction of sp³-hybridized carbons (Fsp3) is 0.357. The van der Waals surface area contributed by atoms with Crippen molar-refractivity contribution in [2.24, 2.45) is 0 Å².